The maximum Gasteiger partial charge on any atom is 0.171 e. The third kappa shape index (κ3) is 2.41. The lowest BCUT2D eigenvalue weighted by Gasteiger charge is -2.09. The minimum absolute atomic E-state index is 0.461. The molecule has 0 bridgehead atoms. The molecule has 4 nitrogen and oxygen atoms in total. The van der Waals surface area contributed by atoms with Crippen molar-refractivity contribution in [2.75, 3.05) is 5.32 Å². The Morgan fingerprint density at radius 1 is 1.17 bits per heavy atom. The fourth-order valence-corrected chi connectivity index (χ4v) is 1.63. The summed E-state index contributed by atoms with van der Waals surface area (Å²) in [6, 6.07) is 9.32. The summed E-state index contributed by atoms with van der Waals surface area (Å²) in [5, 5.41) is 20.9. The van der Waals surface area contributed by atoms with Crippen molar-refractivity contribution < 1.29 is 0 Å². The van der Waals surface area contributed by atoms with E-state index in [0.29, 0.717) is 16.4 Å². The molecule has 0 aliphatic carbocycles. The summed E-state index contributed by atoms with van der Waals surface area (Å²) in [5.41, 5.74) is 2.92. The number of hydrogen-bond donors (Lipinski definition) is 1. The molecule has 1 aromatic carbocycles. The Morgan fingerprint density at radius 3 is 2.44 bits per heavy atom. The molecule has 1 N–H and O–H groups in total. The maximum absolute atomic E-state index is 9.17. The molecule has 1 heterocycles. The number of nitriles is 1. The lowest BCUT2D eigenvalue weighted by atomic mass is 10.1. The zero-order chi connectivity index (χ0) is 13.1. The third-order valence-electron chi connectivity index (χ3n) is 2.67. The highest BCUT2D eigenvalue weighted by atomic mass is 35.5. The molecule has 0 spiro atoms. The van der Waals surface area contributed by atoms with Gasteiger partial charge in [0, 0.05) is 10.7 Å². The maximum atomic E-state index is 9.17. The van der Waals surface area contributed by atoms with Crippen molar-refractivity contribution >= 4 is 23.1 Å². The van der Waals surface area contributed by atoms with Crippen molar-refractivity contribution in [1.29, 1.82) is 5.26 Å². The van der Waals surface area contributed by atoms with Gasteiger partial charge in [-0.05, 0) is 43.7 Å². The van der Waals surface area contributed by atoms with Crippen LogP contribution in [0.15, 0.2) is 24.3 Å². The van der Waals surface area contributed by atoms with Gasteiger partial charge < -0.3 is 5.32 Å². The number of anilines is 2. The zero-order valence-electron chi connectivity index (χ0n) is 10.0. The number of rotatable bonds is 2. The Morgan fingerprint density at radius 2 is 1.83 bits per heavy atom. The fraction of sp³-hybridized carbons (Fsp3) is 0.154. The smallest absolute Gasteiger partial charge is 0.171 e. The average molecular weight is 259 g/mol. The lowest BCUT2D eigenvalue weighted by molar-refractivity contribution is 0.960. The summed E-state index contributed by atoms with van der Waals surface area (Å²) in [6.45, 7) is 3.69. The minimum Gasteiger partial charge on any atom is -0.338 e. The van der Waals surface area contributed by atoms with Crippen LogP contribution >= 0.6 is 11.6 Å². The van der Waals surface area contributed by atoms with Crippen molar-refractivity contribution in [3.63, 3.8) is 0 Å². The number of aryl methyl sites for hydroxylation is 1. The van der Waals surface area contributed by atoms with Gasteiger partial charge in [-0.1, -0.05) is 11.6 Å². The lowest BCUT2D eigenvalue weighted by Crippen LogP contribution is -2.03. The molecule has 2 aromatic rings. The van der Waals surface area contributed by atoms with Crippen LogP contribution in [0.5, 0.6) is 0 Å². The number of nitrogens with one attached hydrogen (secondary N) is 1. The number of benzene rings is 1. The molecule has 90 valence electrons. The molecule has 0 unspecified atom stereocenters. The van der Waals surface area contributed by atoms with E-state index in [1.165, 1.54) is 0 Å². The monoisotopic (exact) mass is 258 g/mol. The number of hydrogen-bond acceptors (Lipinski definition) is 4. The average Bonchev–Trinajstić information content (AvgIpc) is 2.37. The van der Waals surface area contributed by atoms with E-state index < -0.39 is 0 Å². The standard InChI is InChI=1S/C13H11ClN4/c1-8-9(2)17-18-13(12(8)7-15)16-11-5-3-10(14)4-6-11/h3-6H,1-2H3,(H,16,18). The van der Waals surface area contributed by atoms with Crippen LogP contribution in [0.3, 0.4) is 0 Å². The van der Waals surface area contributed by atoms with E-state index in [0.717, 1.165) is 16.9 Å². The van der Waals surface area contributed by atoms with Gasteiger partial charge in [-0.2, -0.15) is 10.4 Å². The van der Waals surface area contributed by atoms with Gasteiger partial charge >= 0.3 is 0 Å². The summed E-state index contributed by atoms with van der Waals surface area (Å²) in [4.78, 5) is 0. The van der Waals surface area contributed by atoms with Crippen LogP contribution in [-0.2, 0) is 0 Å². The first-order valence-electron chi connectivity index (χ1n) is 5.38. The number of halogens is 1. The molecular formula is C13H11ClN4. The van der Waals surface area contributed by atoms with Crippen LogP contribution in [0.1, 0.15) is 16.8 Å². The van der Waals surface area contributed by atoms with Crippen molar-refractivity contribution in [3.05, 3.63) is 46.1 Å². The molecule has 0 aliphatic heterocycles. The molecule has 0 radical (unpaired) electrons. The van der Waals surface area contributed by atoms with Gasteiger partial charge in [0.05, 0.1) is 5.69 Å². The predicted octanol–water partition coefficient (Wildman–Crippen LogP) is 3.36. The van der Waals surface area contributed by atoms with E-state index in [9.17, 15) is 0 Å². The molecule has 18 heavy (non-hydrogen) atoms. The van der Waals surface area contributed by atoms with Crippen LogP contribution in [0.2, 0.25) is 5.02 Å². The Balaban J connectivity index is 2.38. The Labute approximate surface area is 110 Å². The van der Waals surface area contributed by atoms with Gasteiger partial charge in [-0.15, -0.1) is 5.10 Å². The first kappa shape index (κ1) is 12.3. The summed E-state index contributed by atoms with van der Waals surface area (Å²) in [7, 11) is 0. The van der Waals surface area contributed by atoms with Gasteiger partial charge in [-0.3, -0.25) is 0 Å². The quantitative estimate of drug-likeness (QED) is 0.897. The van der Waals surface area contributed by atoms with E-state index in [1.807, 2.05) is 26.0 Å². The molecule has 5 heteroatoms. The molecule has 0 saturated heterocycles. The normalized spacial score (nSPS) is 9.89. The summed E-state index contributed by atoms with van der Waals surface area (Å²) < 4.78 is 0. The molecule has 2 rings (SSSR count). The Hall–Kier alpha value is -2.12. The zero-order valence-corrected chi connectivity index (χ0v) is 10.8. The van der Waals surface area contributed by atoms with Crippen molar-refractivity contribution in [2.45, 2.75) is 13.8 Å². The molecule has 0 fully saturated rings. The summed E-state index contributed by atoms with van der Waals surface area (Å²) >= 11 is 5.81. The van der Waals surface area contributed by atoms with Gasteiger partial charge in [0.2, 0.25) is 0 Å². The first-order chi connectivity index (χ1) is 8.61. The van der Waals surface area contributed by atoms with Crippen LogP contribution in [-0.4, -0.2) is 10.2 Å². The highest BCUT2D eigenvalue weighted by Crippen LogP contribution is 2.22. The van der Waals surface area contributed by atoms with E-state index in [1.54, 1.807) is 12.1 Å². The van der Waals surface area contributed by atoms with Crippen LogP contribution in [0.4, 0.5) is 11.5 Å². The van der Waals surface area contributed by atoms with Crippen molar-refractivity contribution in [2.24, 2.45) is 0 Å². The topological polar surface area (TPSA) is 61.6 Å². The summed E-state index contributed by atoms with van der Waals surface area (Å²) in [5.74, 6) is 0.461. The fourth-order valence-electron chi connectivity index (χ4n) is 1.50. The van der Waals surface area contributed by atoms with E-state index in [-0.39, 0.29) is 0 Å². The van der Waals surface area contributed by atoms with Crippen LogP contribution in [0.25, 0.3) is 0 Å². The Kier molecular flexibility index (Phi) is 3.45. The SMILES string of the molecule is Cc1nnc(Nc2ccc(Cl)cc2)c(C#N)c1C. The largest absolute Gasteiger partial charge is 0.338 e. The van der Waals surface area contributed by atoms with E-state index in [4.69, 9.17) is 16.9 Å². The second kappa shape index (κ2) is 5.03. The van der Waals surface area contributed by atoms with Gasteiger partial charge in [0.15, 0.2) is 5.82 Å². The minimum atomic E-state index is 0.461. The predicted molar refractivity (Wildman–Crippen MR) is 71.0 cm³/mol. The molecule has 0 aliphatic rings. The molecule has 0 amide bonds. The van der Waals surface area contributed by atoms with Gasteiger partial charge in [-0.25, -0.2) is 0 Å². The van der Waals surface area contributed by atoms with E-state index >= 15 is 0 Å². The highest BCUT2D eigenvalue weighted by molar-refractivity contribution is 6.30. The molecule has 0 atom stereocenters. The van der Waals surface area contributed by atoms with Crippen molar-refractivity contribution in [1.82, 2.24) is 10.2 Å². The van der Waals surface area contributed by atoms with Gasteiger partial charge in [0.25, 0.3) is 0 Å². The second-order valence-corrected chi connectivity index (χ2v) is 4.31. The Bertz CT molecular complexity index is 614. The van der Waals surface area contributed by atoms with E-state index in [2.05, 4.69) is 21.6 Å². The molecule has 0 saturated carbocycles. The molecule has 1 aromatic heterocycles. The number of nitrogens with zero attached hydrogens (tertiary/aromatic N) is 3. The number of aromatic nitrogens is 2. The first-order valence-corrected chi connectivity index (χ1v) is 5.76. The molecular weight excluding hydrogens is 248 g/mol. The summed E-state index contributed by atoms with van der Waals surface area (Å²) in [6.07, 6.45) is 0. The van der Waals surface area contributed by atoms with Crippen molar-refractivity contribution in [3.8, 4) is 6.07 Å². The van der Waals surface area contributed by atoms with Crippen LogP contribution < -0.4 is 5.32 Å². The van der Waals surface area contributed by atoms with Gasteiger partial charge in [0.1, 0.15) is 11.6 Å². The third-order valence-corrected chi connectivity index (χ3v) is 2.93. The second-order valence-electron chi connectivity index (χ2n) is 3.88. The van der Waals surface area contributed by atoms with Crippen LogP contribution in [0, 0.1) is 25.2 Å². The highest BCUT2D eigenvalue weighted by Gasteiger charge is 2.10.